The van der Waals surface area contributed by atoms with Crippen molar-refractivity contribution < 1.29 is 9.90 Å². The molecule has 1 unspecified atom stereocenters. The van der Waals surface area contributed by atoms with Crippen molar-refractivity contribution in [3.63, 3.8) is 0 Å². The molecule has 4 N–H and O–H groups in total. The fraction of sp³-hybridized carbons (Fsp3) is 0.133. The van der Waals surface area contributed by atoms with Crippen molar-refractivity contribution in [1.82, 2.24) is 0 Å². The van der Waals surface area contributed by atoms with Crippen LogP contribution in [-0.2, 0) is 11.4 Å². The molecule has 1 amide bonds. The van der Waals surface area contributed by atoms with Crippen molar-refractivity contribution in [2.75, 3.05) is 5.32 Å². The maximum absolute atomic E-state index is 12.1. The number of nitrogens with one attached hydrogen (secondary N) is 1. The van der Waals surface area contributed by atoms with Crippen LogP contribution in [0.25, 0.3) is 0 Å². The minimum Gasteiger partial charge on any atom is -0.392 e. The van der Waals surface area contributed by atoms with E-state index in [2.05, 4.69) is 5.32 Å². The Bertz CT molecular complexity index is 602. The van der Waals surface area contributed by atoms with Crippen LogP contribution in [0.5, 0.6) is 0 Å². The molecule has 2 aromatic carbocycles. The summed E-state index contributed by atoms with van der Waals surface area (Å²) in [6.45, 7) is -0.212. The van der Waals surface area contributed by atoms with E-state index in [0.29, 0.717) is 16.3 Å². The summed E-state index contributed by atoms with van der Waals surface area (Å²) >= 11 is 5.84. The molecule has 0 aliphatic carbocycles. The largest absolute Gasteiger partial charge is 0.392 e. The molecule has 0 aliphatic heterocycles. The minimum absolute atomic E-state index is 0.212. The highest BCUT2D eigenvalue weighted by molar-refractivity contribution is 6.30. The van der Waals surface area contributed by atoms with E-state index in [4.69, 9.17) is 17.3 Å². The van der Waals surface area contributed by atoms with E-state index in [-0.39, 0.29) is 12.5 Å². The fourth-order valence-electron chi connectivity index (χ4n) is 1.84. The zero-order valence-electron chi connectivity index (χ0n) is 10.7. The van der Waals surface area contributed by atoms with Gasteiger partial charge in [0.1, 0.15) is 6.04 Å². The third-order valence-corrected chi connectivity index (χ3v) is 3.17. The average Bonchev–Trinajstić information content (AvgIpc) is 2.49. The summed E-state index contributed by atoms with van der Waals surface area (Å²) in [6, 6.07) is 13.2. The van der Waals surface area contributed by atoms with E-state index in [9.17, 15) is 9.90 Å². The van der Waals surface area contributed by atoms with E-state index >= 15 is 0 Å². The molecule has 2 aromatic rings. The van der Waals surface area contributed by atoms with Crippen molar-refractivity contribution in [2.45, 2.75) is 12.6 Å². The molecule has 0 spiro atoms. The monoisotopic (exact) mass is 290 g/mol. The molecule has 0 aromatic heterocycles. The van der Waals surface area contributed by atoms with Gasteiger partial charge in [-0.05, 0) is 23.8 Å². The Balaban J connectivity index is 2.16. The average molecular weight is 291 g/mol. The lowest BCUT2D eigenvalue weighted by Gasteiger charge is -2.14. The number of hydrogen-bond acceptors (Lipinski definition) is 3. The molecule has 2 rings (SSSR count). The SMILES string of the molecule is NC(C(=O)Nc1ccc(Cl)cc1CO)c1ccccc1. The second-order valence-electron chi connectivity index (χ2n) is 4.34. The van der Waals surface area contributed by atoms with Gasteiger partial charge in [0.2, 0.25) is 5.91 Å². The number of hydrogen-bond donors (Lipinski definition) is 3. The van der Waals surface area contributed by atoms with E-state index in [0.717, 1.165) is 5.56 Å². The van der Waals surface area contributed by atoms with Crippen LogP contribution in [0.3, 0.4) is 0 Å². The van der Waals surface area contributed by atoms with E-state index in [1.165, 1.54) is 0 Å². The summed E-state index contributed by atoms with van der Waals surface area (Å²) in [5.41, 5.74) is 7.69. The first-order valence-electron chi connectivity index (χ1n) is 6.12. The first-order valence-corrected chi connectivity index (χ1v) is 6.50. The van der Waals surface area contributed by atoms with Gasteiger partial charge < -0.3 is 16.2 Å². The van der Waals surface area contributed by atoms with Gasteiger partial charge in [0, 0.05) is 16.3 Å². The van der Waals surface area contributed by atoms with Gasteiger partial charge in [0.15, 0.2) is 0 Å². The number of anilines is 1. The maximum Gasteiger partial charge on any atom is 0.245 e. The topological polar surface area (TPSA) is 75.4 Å². The molecule has 0 saturated carbocycles. The zero-order chi connectivity index (χ0) is 14.5. The van der Waals surface area contributed by atoms with Gasteiger partial charge in [-0.3, -0.25) is 4.79 Å². The highest BCUT2D eigenvalue weighted by Crippen LogP contribution is 2.22. The molecule has 4 nitrogen and oxygen atoms in total. The molecular formula is C15H15ClN2O2. The number of nitrogens with two attached hydrogens (primary N) is 1. The maximum atomic E-state index is 12.1. The lowest BCUT2D eigenvalue weighted by molar-refractivity contribution is -0.117. The number of halogens is 1. The highest BCUT2D eigenvalue weighted by atomic mass is 35.5. The minimum atomic E-state index is -0.765. The van der Waals surface area contributed by atoms with Gasteiger partial charge in [-0.25, -0.2) is 0 Å². The van der Waals surface area contributed by atoms with Crippen molar-refractivity contribution in [2.24, 2.45) is 5.73 Å². The Morgan fingerprint density at radius 1 is 1.25 bits per heavy atom. The summed E-state index contributed by atoms with van der Waals surface area (Å²) < 4.78 is 0. The number of rotatable bonds is 4. The van der Waals surface area contributed by atoms with E-state index < -0.39 is 6.04 Å². The lowest BCUT2D eigenvalue weighted by Crippen LogP contribution is -2.28. The first kappa shape index (κ1) is 14.5. The second kappa shape index (κ2) is 6.52. The fourth-order valence-corrected chi connectivity index (χ4v) is 2.03. The van der Waals surface area contributed by atoms with Crippen LogP contribution < -0.4 is 11.1 Å². The molecule has 0 fully saturated rings. The van der Waals surface area contributed by atoms with Crippen molar-refractivity contribution in [1.29, 1.82) is 0 Å². The normalized spacial score (nSPS) is 11.9. The van der Waals surface area contributed by atoms with Crippen molar-refractivity contribution in [3.05, 3.63) is 64.7 Å². The van der Waals surface area contributed by atoms with Gasteiger partial charge in [-0.15, -0.1) is 0 Å². The molecule has 20 heavy (non-hydrogen) atoms. The van der Waals surface area contributed by atoms with Crippen LogP contribution >= 0.6 is 11.6 Å². The number of aliphatic hydroxyl groups is 1. The Hall–Kier alpha value is -1.88. The predicted molar refractivity (Wildman–Crippen MR) is 79.4 cm³/mol. The van der Waals surface area contributed by atoms with Crippen LogP contribution in [0.15, 0.2) is 48.5 Å². The van der Waals surface area contributed by atoms with E-state index in [1.54, 1.807) is 30.3 Å². The van der Waals surface area contributed by atoms with Gasteiger partial charge in [-0.2, -0.15) is 0 Å². The molecule has 0 aliphatic rings. The Kier molecular flexibility index (Phi) is 4.74. The van der Waals surface area contributed by atoms with Gasteiger partial charge in [0.05, 0.1) is 6.61 Å². The number of amides is 1. The van der Waals surface area contributed by atoms with Gasteiger partial charge in [-0.1, -0.05) is 41.9 Å². The highest BCUT2D eigenvalue weighted by Gasteiger charge is 2.16. The predicted octanol–water partition coefficient (Wildman–Crippen LogP) is 2.47. The van der Waals surface area contributed by atoms with E-state index in [1.807, 2.05) is 18.2 Å². The molecule has 0 heterocycles. The summed E-state index contributed by atoms with van der Waals surface area (Å²) in [4.78, 5) is 12.1. The molecule has 0 bridgehead atoms. The summed E-state index contributed by atoms with van der Waals surface area (Å²) in [5, 5.41) is 12.5. The Morgan fingerprint density at radius 2 is 1.95 bits per heavy atom. The third kappa shape index (κ3) is 3.36. The van der Waals surface area contributed by atoms with Crippen LogP contribution in [0, 0.1) is 0 Å². The molecule has 0 radical (unpaired) electrons. The van der Waals surface area contributed by atoms with Crippen molar-refractivity contribution >= 4 is 23.2 Å². The molecule has 5 heteroatoms. The molecule has 0 saturated heterocycles. The number of aliphatic hydroxyl groups excluding tert-OH is 1. The zero-order valence-corrected chi connectivity index (χ0v) is 11.5. The number of benzene rings is 2. The Labute approximate surface area is 122 Å². The molecule has 104 valence electrons. The number of carbonyl (C=O) groups excluding carboxylic acids is 1. The van der Waals surface area contributed by atoms with Crippen LogP contribution in [0.4, 0.5) is 5.69 Å². The van der Waals surface area contributed by atoms with Crippen LogP contribution in [0.2, 0.25) is 5.02 Å². The van der Waals surface area contributed by atoms with Gasteiger partial charge in [0.25, 0.3) is 0 Å². The van der Waals surface area contributed by atoms with Crippen LogP contribution in [-0.4, -0.2) is 11.0 Å². The quantitative estimate of drug-likeness (QED) is 0.810. The Morgan fingerprint density at radius 3 is 2.60 bits per heavy atom. The molecule has 1 atom stereocenters. The third-order valence-electron chi connectivity index (χ3n) is 2.94. The number of carbonyl (C=O) groups is 1. The van der Waals surface area contributed by atoms with Crippen molar-refractivity contribution in [3.8, 4) is 0 Å². The summed E-state index contributed by atoms with van der Waals surface area (Å²) in [7, 11) is 0. The van der Waals surface area contributed by atoms with Gasteiger partial charge >= 0.3 is 0 Å². The summed E-state index contributed by atoms with van der Waals surface area (Å²) in [5.74, 6) is -0.340. The first-order chi connectivity index (χ1) is 9.61. The summed E-state index contributed by atoms with van der Waals surface area (Å²) in [6.07, 6.45) is 0. The van der Waals surface area contributed by atoms with Crippen LogP contribution in [0.1, 0.15) is 17.2 Å². The molecular weight excluding hydrogens is 276 g/mol. The lowest BCUT2D eigenvalue weighted by atomic mass is 10.1. The standard InChI is InChI=1S/C15H15ClN2O2/c16-12-6-7-13(11(8-12)9-19)18-15(20)14(17)10-4-2-1-3-5-10/h1-8,14,19H,9,17H2,(H,18,20). The second-order valence-corrected chi connectivity index (χ2v) is 4.77. The smallest absolute Gasteiger partial charge is 0.245 e.